The van der Waals surface area contributed by atoms with Gasteiger partial charge >= 0.3 is 0 Å². The second-order valence-corrected chi connectivity index (χ2v) is 5.38. The molecule has 88 valence electrons. The molecular weight excluding hydrogens is 208 g/mol. The van der Waals surface area contributed by atoms with Gasteiger partial charge in [0.1, 0.15) is 0 Å². The molecule has 2 nitrogen and oxygen atoms in total. The SMILES string of the molecule is N#CCc1ccc(NC(C2CC2)C2CC2)cc1. The fourth-order valence-electron chi connectivity index (χ4n) is 2.53. The third kappa shape index (κ3) is 2.61. The van der Waals surface area contributed by atoms with Crippen LogP contribution in [0.3, 0.4) is 0 Å². The van der Waals surface area contributed by atoms with Gasteiger partial charge in [-0.25, -0.2) is 0 Å². The quantitative estimate of drug-likeness (QED) is 0.835. The van der Waals surface area contributed by atoms with Crippen molar-refractivity contribution >= 4 is 5.69 Å². The van der Waals surface area contributed by atoms with E-state index in [-0.39, 0.29) is 0 Å². The van der Waals surface area contributed by atoms with Crippen LogP contribution in [0.2, 0.25) is 0 Å². The van der Waals surface area contributed by atoms with Crippen molar-refractivity contribution < 1.29 is 0 Å². The van der Waals surface area contributed by atoms with E-state index in [4.69, 9.17) is 5.26 Å². The fraction of sp³-hybridized carbons (Fsp3) is 0.533. The lowest BCUT2D eigenvalue weighted by molar-refractivity contribution is 0.568. The Morgan fingerprint density at radius 2 is 1.71 bits per heavy atom. The molecule has 0 bridgehead atoms. The average Bonchev–Trinajstić information content (AvgIpc) is 3.21. The van der Waals surface area contributed by atoms with Crippen molar-refractivity contribution in [1.29, 1.82) is 5.26 Å². The molecule has 0 aliphatic heterocycles. The summed E-state index contributed by atoms with van der Waals surface area (Å²) in [4.78, 5) is 0. The van der Waals surface area contributed by atoms with Crippen LogP contribution in [-0.2, 0) is 6.42 Å². The first kappa shape index (κ1) is 10.7. The molecule has 2 fully saturated rings. The van der Waals surface area contributed by atoms with Gasteiger partial charge in [-0.1, -0.05) is 12.1 Å². The van der Waals surface area contributed by atoms with E-state index in [1.165, 1.54) is 31.4 Å². The Bertz CT molecular complexity index is 409. The van der Waals surface area contributed by atoms with Gasteiger partial charge in [0, 0.05) is 11.7 Å². The number of hydrogen-bond acceptors (Lipinski definition) is 2. The molecule has 1 aromatic carbocycles. The largest absolute Gasteiger partial charge is 0.382 e. The molecule has 0 radical (unpaired) electrons. The van der Waals surface area contributed by atoms with E-state index >= 15 is 0 Å². The fourth-order valence-corrected chi connectivity index (χ4v) is 2.53. The first-order valence-corrected chi connectivity index (χ1v) is 6.59. The van der Waals surface area contributed by atoms with Crippen LogP contribution in [0.25, 0.3) is 0 Å². The maximum absolute atomic E-state index is 8.63. The van der Waals surface area contributed by atoms with Crippen molar-refractivity contribution in [3.05, 3.63) is 29.8 Å². The number of nitriles is 1. The van der Waals surface area contributed by atoms with Crippen LogP contribution < -0.4 is 5.32 Å². The van der Waals surface area contributed by atoms with Crippen molar-refractivity contribution in [3.63, 3.8) is 0 Å². The zero-order valence-corrected chi connectivity index (χ0v) is 10.0. The average molecular weight is 226 g/mol. The zero-order chi connectivity index (χ0) is 11.7. The van der Waals surface area contributed by atoms with Gasteiger partial charge in [-0.3, -0.25) is 0 Å². The van der Waals surface area contributed by atoms with Gasteiger partial charge in [0.2, 0.25) is 0 Å². The van der Waals surface area contributed by atoms with Gasteiger partial charge in [-0.15, -0.1) is 0 Å². The normalized spacial score (nSPS) is 19.1. The highest BCUT2D eigenvalue weighted by Gasteiger charge is 2.41. The summed E-state index contributed by atoms with van der Waals surface area (Å²) >= 11 is 0. The second kappa shape index (κ2) is 4.41. The summed E-state index contributed by atoms with van der Waals surface area (Å²) in [7, 11) is 0. The predicted octanol–water partition coefficient (Wildman–Crippen LogP) is 3.35. The predicted molar refractivity (Wildman–Crippen MR) is 68.6 cm³/mol. The molecule has 2 heteroatoms. The van der Waals surface area contributed by atoms with E-state index in [0.29, 0.717) is 12.5 Å². The first-order valence-electron chi connectivity index (χ1n) is 6.59. The van der Waals surface area contributed by atoms with Gasteiger partial charge in [0.15, 0.2) is 0 Å². The van der Waals surface area contributed by atoms with Crippen molar-refractivity contribution in [2.75, 3.05) is 5.32 Å². The molecule has 0 spiro atoms. The monoisotopic (exact) mass is 226 g/mol. The van der Waals surface area contributed by atoms with Gasteiger partial charge in [-0.2, -0.15) is 5.26 Å². The first-order chi connectivity index (χ1) is 8.36. The lowest BCUT2D eigenvalue weighted by atomic mass is 10.1. The van der Waals surface area contributed by atoms with Crippen molar-refractivity contribution in [2.24, 2.45) is 11.8 Å². The van der Waals surface area contributed by atoms with E-state index in [1.807, 2.05) is 0 Å². The Balaban J connectivity index is 1.65. The molecule has 0 amide bonds. The summed E-state index contributed by atoms with van der Waals surface area (Å²) in [5.41, 5.74) is 2.32. The van der Waals surface area contributed by atoms with Gasteiger partial charge in [-0.05, 0) is 55.2 Å². The Labute approximate surface area is 103 Å². The lowest BCUT2D eigenvalue weighted by Gasteiger charge is -2.19. The van der Waals surface area contributed by atoms with E-state index in [9.17, 15) is 0 Å². The topological polar surface area (TPSA) is 35.8 Å². The number of nitrogens with one attached hydrogen (secondary N) is 1. The highest BCUT2D eigenvalue weighted by molar-refractivity contribution is 5.46. The summed E-state index contributed by atoms with van der Waals surface area (Å²) in [6.45, 7) is 0. The number of benzene rings is 1. The van der Waals surface area contributed by atoms with Gasteiger partial charge < -0.3 is 5.32 Å². The van der Waals surface area contributed by atoms with E-state index in [2.05, 4.69) is 35.7 Å². The third-order valence-corrected chi connectivity index (χ3v) is 3.83. The molecule has 2 aliphatic rings. The summed E-state index contributed by atoms with van der Waals surface area (Å²) in [6, 6.07) is 11.2. The molecular formula is C15H18N2. The van der Waals surface area contributed by atoms with Gasteiger partial charge in [0.05, 0.1) is 12.5 Å². The van der Waals surface area contributed by atoms with Crippen molar-refractivity contribution in [1.82, 2.24) is 0 Å². The Hall–Kier alpha value is -1.49. The number of rotatable bonds is 5. The molecule has 3 rings (SSSR count). The van der Waals surface area contributed by atoms with Crippen molar-refractivity contribution in [2.45, 2.75) is 38.1 Å². The summed E-state index contributed by atoms with van der Waals surface area (Å²) in [6.07, 6.45) is 6.12. The maximum atomic E-state index is 8.63. The van der Waals surface area contributed by atoms with E-state index < -0.39 is 0 Å². The van der Waals surface area contributed by atoms with Crippen LogP contribution in [0, 0.1) is 23.2 Å². The summed E-state index contributed by atoms with van der Waals surface area (Å²) < 4.78 is 0. The highest BCUT2D eigenvalue weighted by atomic mass is 15.0. The van der Waals surface area contributed by atoms with Crippen LogP contribution in [-0.4, -0.2) is 6.04 Å². The summed E-state index contributed by atoms with van der Waals surface area (Å²) in [5, 5.41) is 12.3. The van der Waals surface area contributed by atoms with Crippen molar-refractivity contribution in [3.8, 4) is 6.07 Å². The van der Waals surface area contributed by atoms with Gasteiger partial charge in [0.25, 0.3) is 0 Å². The van der Waals surface area contributed by atoms with Crippen LogP contribution in [0.15, 0.2) is 24.3 Å². The molecule has 1 N–H and O–H groups in total. The maximum Gasteiger partial charge on any atom is 0.0669 e. The minimum Gasteiger partial charge on any atom is -0.382 e. The minimum atomic E-state index is 0.509. The Kier molecular flexibility index (Phi) is 2.76. The molecule has 17 heavy (non-hydrogen) atoms. The van der Waals surface area contributed by atoms with Crippen LogP contribution in [0.1, 0.15) is 31.2 Å². The van der Waals surface area contributed by atoms with Crippen LogP contribution >= 0.6 is 0 Å². The third-order valence-electron chi connectivity index (χ3n) is 3.83. The zero-order valence-electron chi connectivity index (χ0n) is 10.0. The molecule has 0 heterocycles. The standard InChI is InChI=1S/C15H18N2/c16-10-9-11-1-7-14(8-2-11)17-15(12-3-4-12)13-5-6-13/h1-2,7-8,12-13,15,17H,3-6,9H2. The molecule has 0 aromatic heterocycles. The molecule has 2 aliphatic carbocycles. The molecule has 1 aromatic rings. The second-order valence-electron chi connectivity index (χ2n) is 5.38. The smallest absolute Gasteiger partial charge is 0.0669 e. The van der Waals surface area contributed by atoms with Crippen LogP contribution in [0.4, 0.5) is 5.69 Å². The summed E-state index contributed by atoms with van der Waals surface area (Å²) in [5.74, 6) is 1.84. The molecule has 0 unspecified atom stereocenters. The molecule has 0 saturated heterocycles. The highest BCUT2D eigenvalue weighted by Crippen LogP contribution is 2.45. The van der Waals surface area contributed by atoms with E-state index in [1.54, 1.807) is 0 Å². The molecule has 2 saturated carbocycles. The lowest BCUT2D eigenvalue weighted by Crippen LogP contribution is -2.24. The number of anilines is 1. The minimum absolute atomic E-state index is 0.509. The Morgan fingerprint density at radius 3 is 2.18 bits per heavy atom. The van der Waals surface area contributed by atoms with Crippen LogP contribution in [0.5, 0.6) is 0 Å². The van der Waals surface area contributed by atoms with E-state index in [0.717, 1.165) is 17.4 Å². The molecule has 0 atom stereocenters. The number of nitrogens with zero attached hydrogens (tertiary/aromatic N) is 1. The number of hydrogen-bond donors (Lipinski definition) is 1. The Morgan fingerprint density at radius 1 is 1.12 bits per heavy atom.